The van der Waals surface area contributed by atoms with E-state index in [2.05, 4.69) is 0 Å². The van der Waals surface area contributed by atoms with E-state index in [-0.39, 0.29) is 6.10 Å². The van der Waals surface area contributed by atoms with Crippen molar-refractivity contribution in [2.45, 2.75) is 45.1 Å². The first-order chi connectivity index (χ1) is 5.79. The third kappa shape index (κ3) is 5.56. The Morgan fingerprint density at radius 2 is 2.17 bits per heavy atom. The second-order valence-corrected chi connectivity index (χ2v) is 3.84. The van der Waals surface area contributed by atoms with E-state index in [9.17, 15) is 0 Å². The van der Waals surface area contributed by atoms with Crippen molar-refractivity contribution in [2.24, 2.45) is 5.92 Å². The third-order valence-corrected chi connectivity index (χ3v) is 2.28. The summed E-state index contributed by atoms with van der Waals surface area (Å²) < 4.78 is 5.42. The topological polar surface area (TPSA) is 29.5 Å². The molecule has 0 heterocycles. The Kier molecular flexibility index (Phi) is 4.62. The van der Waals surface area contributed by atoms with Crippen molar-refractivity contribution in [3.05, 3.63) is 0 Å². The first-order valence-electron chi connectivity index (χ1n) is 5.05. The molecule has 0 spiro atoms. The van der Waals surface area contributed by atoms with E-state index >= 15 is 0 Å². The van der Waals surface area contributed by atoms with Crippen molar-refractivity contribution in [1.29, 1.82) is 0 Å². The van der Waals surface area contributed by atoms with Crippen molar-refractivity contribution >= 4 is 0 Å². The summed E-state index contributed by atoms with van der Waals surface area (Å²) >= 11 is 0. The van der Waals surface area contributed by atoms with Crippen LogP contribution in [0.5, 0.6) is 0 Å². The zero-order valence-electron chi connectivity index (χ0n) is 7.96. The molecule has 1 fully saturated rings. The highest BCUT2D eigenvalue weighted by molar-refractivity contribution is 4.72. The van der Waals surface area contributed by atoms with E-state index in [1.807, 2.05) is 6.92 Å². The van der Waals surface area contributed by atoms with E-state index in [0.29, 0.717) is 0 Å². The fourth-order valence-corrected chi connectivity index (χ4v) is 1.24. The summed E-state index contributed by atoms with van der Waals surface area (Å²) in [5.41, 5.74) is 0. The van der Waals surface area contributed by atoms with Crippen molar-refractivity contribution < 1.29 is 9.84 Å². The zero-order valence-corrected chi connectivity index (χ0v) is 7.96. The average molecular weight is 172 g/mol. The van der Waals surface area contributed by atoms with Crippen LogP contribution in [0.3, 0.4) is 0 Å². The van der Waals surface area contributed by atoms with Gasteiger partial charge in [0.25, 0.3) is 0 Å². The predicted molar refractivity (Wildman–Crippen MR) is 49.1 cm³/mol. The highest BCUT2D eigenvalue weighted by Crippen LogP contribution is 2.32. The van der Waals surface area contributed by atoms with Crippen LogP contribution in [0.25, 0.3) is 0 Å². The molecule has 1 atom stereocenters. The summed E-state index contributed by atoms with van der Waals surface area (Å²) in [5.74, 6) is 0.974. The lowest BCUT2D eigenvalue weighted by atomic mass is 10.2. The van der Waals surface area contributed by atoms with Gasteiger partial charge in [-0.3, -0.25) is 0 Å². The molecule has 0 bridgehead atoms. The first kappa shape index (κ1) is 10.0. The quantitative estimate of drug-likeness (QED) is 0.595. The maximum absolute atomic E-state index is 8.95. The second-order valence-electron chi connectivity index (χ2n) is 3.84. The minimum absolute atomic E-state index is 0.169. The normalized spacial score (nSPS) is 19.5. The molecule has 12 heavy (non-hydrogen) atoms. The maximum atomic E-state index is 8.95. The van der Waals surface area contributed by atoms with Crippen LogP contribution in [0.2, 0.25) is 0 Å². The van der Waals surface area contributed by atoms with Crippen LogP contribution in [-0.4, -0.2) is 24.4 Å². The fourth-order valence-electron chi connectivity index (χ4n) is 1.24. The largest absolute Gasteiger partial charge is 0.393 e. The number of hydrogen-bond donors (Lipinski definition) is 1. The highest BCUT2D eigenvalue weighted by Gasteiger charge is 2.20. The molecule has 1 rings (SSSR count). The Morgan fingerprint density at radius 3 is 2.75 bits per heavy atom. The van der Waals surface area contributed by atoms with Crippen LogP contribution >= 0.6 is 0 Å². The van der Waals surface area contributed by atoms with Gasteiger partial charge in [0.1, 0.15) is 0 Å². The van der Waals surface area contributed by atoms with Gasteiger partial charge in [0.2, 0.25) is 0 Å². The summed E-state index contributed by atoms with van der Waals surface area (Å²) in [5, 5.41) is 8.95. The van der Waals surface area contributed by atoms with Crippen LogP contribution in [0.15, 0.2) is 0 Å². The van der Waals surface area contributed by atoms with Crippen molar-refractivity contribution in [3.63, 3.8) is 0 Å². The Balaban J connectivity index is 1.70. The van der Waals surface area contributed by atoms with Crippen LogP contribution in [0.1, 0.15) is 39.0 Å². The van der Waals surface area contributed by atoms with Gasteiger partial charge in [-0.1, -0.05) is 12.8 Å². The Labute approximate surface area is 74.9 Å². The van der Waals surface area contributed by atoms with Crippen molar-refractivity contribution in [2.75, 3.05) is 13.2 Å². The molecule has 1 aliphatic rings. The summed E-state index contributed by atoms with van der Waals surface area (Å²) in [6.45, 7) is 3.56. The monoisotopic (exact) mass is 172 g/mol. The minimum atomic E-state index is -0.169. The zero-order chi connectivity index (χ0) is 8.81. The molecule has 2 nitrogen and oxygen atoms in total. The molecule has 2 heteroatoms. The molecule has 1 unspecified atom stereocenters. The number of rotatable bonds is 7. The second kappa shape index (κ2) is 5.55. The van der Waals surface area contributed by atoms with E-state index in [1.54, 1.807) is 0 Å². The van der Waals surface area contributed by atoms with Crippen LogP contribution in [0.4, 0.5) is 0 Å². The molecule has 72 valence electrons. The molecular weight excluding hydrogens is 152 g/mol. The third-order valence-electron chi connectivity index (χ3n) is 2.28. The van der Waals surface area contributed by atoms with Crippen molar-refractivity contribution in [3.8, 4) is 0 Å². The lowest BCUT2D eigenvalue weighted by Gasteiger charge is -2.04. The van der Waals surface area contributed by atoms with Crippen molar-refractivity contribution in [1.82, 2.24) is 0 Å². The Hall–Kier alpha value is -0.0800. The van der Waals surface area contributed by atoms with Gasteiger partial charge in [-0.05, 0) is 32.1 Å². The lowest BCUT2D eigenvalue weighted by Crippen LogP contribution is -2.03. The van der Waals surface area contributed by atoms with Gasteiger partial charge in [-0.2, -0.15) is 0 Å². The van der Waals surface area contributed by atoms with E-state index in [0.717, 1.165) is 32.0 Å². The SMILES string of the molecule is CC(O)CCCOCCC1CC1. The molecule has 0 saturated heterocycles. The van der Waals surface area contributed by atoms with E-state index < -0.39 is 0 Å². The summed E-state index contributed by atoms with van der Waals surface area (Å²) in [6.07, 6.45) is 5.76. The van der Waals surface area contributed by atoms with E-state index in [1.165, 1.54) is 19.3 Å². The highest BCUT2D eigenvalue weighted by atomic mass is 16.5. The van der Waals surface area contributed by atoms with Gasteiger partial charge in [0, 0.05) is 13.2 Å². The van der Waals surface area contributed by atoms with Gasteiger partial charge in [0.15, 0.2) is 0 Å². The predicted octanol–water partition coefficient (Wildman–Crippen LogP) is 1.96. The van der Waals surface area contributed by atoms with Crippen LogP contribution in [-0.2, 0) is 4.74 Å². The van der Waals surface area contributed by atoms with Gasteiger partial charge >= 0.3 is 0 Å². The fraction of sp³-hybridized carbons (Fsp3) is 1.00. The lowest BCUT2D eigenvalue weighted by molar-refractivity contribution is 0.108. The average Bonchev–Trinajstić information content (AvgIpc) is 2.79. The number of hydrogen-bond acceptors (Lipinski definition) is 2. The van der Waals surface area contributed by atoms with Gasteiger partial charge in [0.05, 0.1) is 6.10 Å². The standard InChI is InChI=1S/C10H20O2/c1-9(11)3-2-7-12-8-6-10-4-5-10/h9-11H,2-8H2,1H3. The molecule has 0 aromatic rings. The van der Waals surface area contributed by atoms with Crippen LogP contribution < -0.4 is 0 Å². The number of aliphatic hydroxyl groups is 1. The summed E-state index contributed by atoms with van der Waals surface area (Å²) in [6, 6.07) is 0. The minimum Gasteiger partial charge on any atom is -0.393 e. The van der Waals surface area contributed by atoms with Gasteiger partial charge in [-0.25, -0.2) is 0 Å². The maximum Gasteiger partial charge on any atom is 0.0513 e. The molecular formula is C10H20O2. The Bertz CT molecular complexity index is 102. The summed E-state index contributed by atoms with van der Waals surface area (Å²) in [7, 11) is 0. The molecule has 0 aromatic carbocycles. The molecule has 1 aliphatic carbocycles. The van der Waals surface area contributed by atoms with Gasteiger partial charge in [-0.15, -0.1) is 0 Å². The first-order valence-corrected chi connectivity index (χ1v) is 5.05. The van der Waals surface area contributed by atoms with Gasteiger partial charge < -0.3 is 9.84 Å². The van der Waals surface area contributed by atoms with E-state index in [4.69, 9.17) is 9.84 Å². The Morgan fingerprint density at radius 1 is 1.42 bits per heavy atom. The molecule has 0 aliphatic heterocycles. The molecule has 0 radical (unpaired) electrons. The van der Waals surface area contributed by atoms with Crippen LogP contribution in [0, 0.1) is 5.92 Å². The molecule has 0 aromatic heterocycles. The molecule has 0 amide bonds. The summed E-state index contributed by atoms with van der Waals surface area (Å²) in [4.78, 5) is 0. The number of ether oxygens (including phenoxy) is 1. The molecule has 1 N–H and O–H groups in total. The number of aliphatic hydroxyl groups excluding tert-OH is 1. The molecule has 1 saturated carbocycles. The smallest absolute Gasteiger partial charge is 0.0513 e.